The lowest BCUT2D eigenvalue weighted by Crippen LogP contribution is -2.40. The predicted octanol–water partition coefficient (Wildman–Crippen LogP) is 3.00. The molecule has 7 heteroatoms. The van der Waals surface area contributed by atoms with E-state index < -0.39 is 15.8 Å². The second kappa shape index (κ2) is 8.08. The van der Waals surface area contributed by atoms with Crippen LogP contribution in [-0.4, -0.2) is 39.0 Å². The van der Waals surface area contributed by atoms with Crippen molar-refractivity contribution in [1.29, 1.82) is 0 Å². The number of rotatable bonds is 8. The monoisotopic (exact) mass is 337 g/mol. The van der Waals surface area contributed by atoms with Gasteiger partial charge in [0.25, 0.3) is 0 Å². The minimum Gasteiger partial charge on any atom is -0.383 e. The third-order valence-corrected chi connectivity index (χ3v) is 5.66. The van der Waals surface area contributed by atoms with E-state index in [1.807, 2.05) is 13.8 Å². The zero-order chi connectivity index (χ0) is 16.0. The Morgan fingerprint density at radius 3 is 2.62 bits per heavy atom. The molecule has 4 nitrogen and oxygen atoms in total. The summed E-state index contributed by atoms with van der Waals surface area (Å²) in [4.78, 5) is 0.0518. The molecule has 0 spiro atoms. The molecule has 0 amide bonds. The maximum Gasteiger partial charge on any atom is 0.243 e. The maximum atomic E-state index is 13.5. The number of hydrogen-bond donors (Lipinski definition) is 0. The molecule has 0 bridgehead atoms. The third kappa shape index (κ3) is 4.39. The van der Waals surface area contributed by atoms with E-state index in [1.165, 1.54) is 23.5 Å². The van der Waals surface area contributed by atoms with Crippen LogP contribution in [0.3, 0.4) is 0 Å². The molecule has 0 aliphatic carbocycles. The minimum atomic E-state index is -3.71. The first kappa shape index (κ1) is 18.4. The van der Waals surface area contributed by atoms with Gasteiger partial charge in [-0.05, 0) is 31.5 Å². The number of sulfonamides is 1. The number of nitrogens with zero attached hydrogens (tertiary/aromatic N) is 1. The molecule has 1 rings (SSSR count). The topological polar surface area (TPSA) is 46.6 Å². The van der Waals surface area contributed by atoms with Gasteiger partial charge in [0, 0.05) is 25.3 Å². The molecule has 1 unspecified atom stereocenters. The van der Waals surface area contributed by atoms with Crippen LogP contribution in [0.5, 0.6) is 0 Å². The number of halogens is 2. The highest BCUT2D eigenvalue weighted by Gasteiger charge is 2.28. The average Bonchev–Trinajstić information content (AvgIpc) is 2.47. The Morgan fingerprint density at radius 1 is 1.43 bits per heavy atom. The molecule has 0 fully saturated rings. The Bertz CT molecular complexity index is 565. The largest absolute Gasteiger partial charge is 0.383 e. The Morgan fingerprint density at radius 2 is 2.10 bits per heavy atom. The van der Waals surface area contributed by atoms with Crippen LogP contribution in [0.15, 0.2) is 23.1 Å². The van der Waals surface area contributed by atoms with E-state index in [0.29, 0.717) is 13.0 Å². The highest BCUT2D eigenvalue weighted by atomic mass is 35.5. The molecule has 0 heterocycles. The summed E-state index contributed by atoms with van der Waals surface area (Å²) in [6.07, 6.45) is 0.673. The lowest BCUT2D eigenvalue weighted by atomic mass is 10.2. The Balaban J connectivity index is 3.21. The summed E-state index contributed by atoms with van der Waals surface area (Å²) in [5.74, 6) is -0.577. The molecule has 0 aromatic heterocycles. The average molecular weight is 338 g/mol. The highest BCUT2D eigenvalue weighted by Crippen LogP contribution is 2.22. The van der Waals surface area contributed by atoms with E-state index in [0.717, 1.165) is 6.07 Å². The second-order valence-corrected chi connectivity index (χ2v) is 6.91. The molecule has 0 radical (unpaired) electrons. The summed E-state index contributed by atoms with van der Waals surface area (Å²) in [6, 6.07) is 3.52. The van der Waals surface area contributed by atoms with Gasteiger partial charge in [-0.3, -0.25) is 0 Å². The summed E-state index contributed by atoms with van der Waals surface area (Å²) in [5.41, 5.74) is 0.175. The number of methoxy groups -OCH3 is 1. The van der Waals surface area contributed by atoms with Crippen LogP contribution >= 0.6 is 11.6 Å². The number of benzene rings is 1. The van der Waals surface area contributed by atoms with Gasteiger partial charge in [0.2, 0.25) is 10.0 Å². The number of ether oxygens (including phenoxy) is 1. The molecule has 1 aromatic rings. The van der Waals surface area contributed by atoms with Gasteiger partial charge in [0.1, 0.15) is 5.82 Å². The zero-order valence-corrected chi connectivity index (χ0v) is 14.0. The highest BCUT2D eigenvalue weighted by molar-refractivity contribution is 7.89. The molecule has 0 aliphatic heterocycles. The van der Waals surface area contributed by atoms with Crippen molar-refractivity contribution in [3.63, 3.8) is 0 Å². The van der Waals surface area contributed by atoms with Gasteiger partial charge in [-0.1, -0.05) is 6.92 Å². The van der Waals surface area contributed by atoms with Crippen LogP contribution in [-0.2, 0) is 20.6 Å². The molecule has 120 valence electrons. The molecule has 21 heavy (non-hydrogen) atoms. The standard InChI is InChI=1S/C14H21ClFNO3S/c1-4-11(2)17(7-8-20-3)21(18,19)13-5-6-14(16)12(9-13)10-15/h5-6,9,11H,4,7-8,10H2,1-3H3. The smallest absolute Gasteiger partial charge is 0.243 e. The van der Waals surface area contributed by atoms with Crippen molar-refractivity contribution in [2.45, 2.75) is 37.1 Å². The van der Waals surface area contributed by atoms with Crippen LogP contribution in [0.1, 0.15) is 25.8 Å². The van der Waals surface area contributed by atoms with Gasteiger partial charge in [-0.2, -0.15) is 4.31 Å². The normalized spacial score (nSPS) is 13.6. The lowest BCUT2D eigenvalue weighted by molar-refractivity contribution is 0.167. The van der Waals surface area contributed by atoms with Crippen LogP contribution in [0.2, 0.25) is 0 Å². The summed E-state index contributed by atoms with van der Waals surface area (Å²) in [5, 5.41) is 0. The van der Waals surface area contributed by atoms with Crippen LogP contribution < -0.4 is 0 Å². The van der Waals surface area contributed by atoms with Crippen LogP contribution in [0.4, 0.5) is 4.39 Å². The van der Waals surface area contributed by atoms with E-state index in [4.69, 9.17) is 16.3 Å². The van der Waals surface area contributed by atoms with Gasteiger partial charge >= 0.3 is 0 Å². The molecular weight excluding hydrogens is 317 g/mol. The van der Waals surface area contributed by atoms with Crippen molar-refractivity contribution >= 4 is 21.6 Å². The van der Waals surface area contributed by atoms with E-state index in [2.05, 4.69) is 0 Å². The van der Waals surface area contributed by atoms with E-state index in [1.54, 1.807) is 0 Å². The SMILES string of the molecule is CCC(C)N(CCOC)S(=O)(=O)c1ccc(F)c(CCl)c1. The quantitative estimate of drug-likeness (QED) is 0.685. The van der Waals surface area contributed by atoms with Gasteiger partial charge in [0.15, 0.2) is 0 Å². The fourth-order valence-electron chi connectivity index (χ4n) is 1.91. The van der Waals surface area contributed by atoms with Crippen LogP contribution in [0, 0.1) is 5.82 Å². The summed E-state index contributed by atoms with van der Waals surface area (Å²) < 4.78 is 45.3. The van der Waals surface area contributed by atoms with Gasteiger partial charge < -0.3 is 4.74 Å². The van der Waals surface area contributed by atoms with Crippen molar-refractivity contribution in [3.8, 4) is 0 Å². The first-order valence-corrected chi connectivity index (χ1v) is 8.71. The molecule has 1 aromatic carbocycles. The summed E-state index contributed by atoms with van der Waals surface area (Å²) >= 11 is 5.64. The van der Waals surface area contributed by atoms with Crippen molar-refractivity contribution < 1.29 is 17.5 Å². The molecule has 0 saturated carbocycles. The fraction of sp³-hybridized carbons (Fsp3) is 0.571. The predicted molar refractivity (Wildman–Crippen MR) is 81.5 cm³/mol. The van der Waals surface area contributed by atoms with E-state index in [9.17, 15) is 12.8 Å². The first-order chi connectivity index (χ1) is 9.88. The van der Waals surface area contributed by atoms with E-state index in [-0.39, 0.29) is 28.9 Å². The molecule has 0 N–H and O–H groups in total. The molecule has 0 saturated heterocycles. The van der Waals surface area contributed by atoms with Crippen molar-refractivity contribution in [2.24, 2.45) is 0 Å². The van der Waals surface area contributed by atoms with Crippen molar-refractivity contribution in [2.75, 3.05) is 20.3 Å². The third-order valence-electron chi connectivity index (χ3n) is 3.37. The van der Waals surface area contributed by atoms with Crippen LogP contribution in [0.25, 0.3) is 0 Å². The summed E-state index contributed by atoms with van der Waals surface area (Å²) in [6.45, 7) is 4.29. The maximum absolute atomic E-state index is 13.5. The second-order valence-electron chi connectivity index (χ2n) is 4.75. The summed E-state index contributed by atoms with van der Waals surface area (Å²) in [7, 11) is -2.19. The lowest BCUT2D eigenvalue weighted by Gasteiger charge is -2.27. The minimum absolute atomic E-state index is 0.0518. The molecule has 1 atom stereocenters. The Hall–Kier alpha value is -0.690. The first-order valence-electron chi connectivity index (χ1n) is 6.73. The number of hydrogen-bond acceptors (Lipinski definition) is 3. The zero-order valence-electron chi connectivity index (χ0n) is 12.5. The van der Waals surface area contributed by atoms with Crippen molar-refractivity contribution in [1.82, 2.24) is 4.31 Å². The van der Waals surface area contributed by atoms with E-state index >= 15 is 0 Å². The van der Waals surface area contributed by atoms with Gasteiger partial charge in [-0.25, -0.2) is 12.8 Å². The Labute approximate surface area is 130 Å². The van der Waals surface area contributed by atoms with Gasteiger partial charge in [-0.15, -0.1) is 11.6 Å². The fourth-order valence-corrected chi connectivity index (χ4v) is 3.86. The van der Waals surface area contributed by atoms with Gasteiger partial charge in [0.05, 0.1) is 17.4 Å². The van der Waals surface area contributed by atoms with Crippen molar-refractivity contribution in [3.05, 3.63) is 29.6 Å². The Kier molecular flexibility index (Phi) is 7.06. The molecule has 0 aliphatic rings. The molecular formula is C14H21ClFNO3S. The number of alkyl halides is 1.